The number of non-ortho nitro benzene ring substituents is 1. The molecule has 158 valence electrons. The third-order valence-electron chi connectivity index (χ3n) is 4.67. The first-order valence-electron chi connectivity index (χ1n) is 9.75. The summed E-state index contributed by atoms with van der Waals surface area (Å²) in [7, 11) is 0. The van der Waals surface area contributed by atoms with Gasteiger partial charge in [0.1, 0.15) is 12.4 Å². The highest BCUT2D eigenvalue weighted by Gasteiger charge is 2.06. The van der Waals surface area contributed by atoms with Gasteiger partial charge in [-0.25, -0.2) is 5.43 Å². The number of hydrazone groups is 1. The van der Waals surface area contributed by atoms with Crippen LogP contribution in [0.25, 0.3) is 0 Å². The monoisotopic (exact) mass is 417 g/mol. The van der Waals surface area contributed by atoms with Gasteiger partial charge in [0, 0.05) is 12.1 Å². The fourth-order valence-corrected chi connectivity index (χ4v) is 2.95. The first-order valence-corrected chi connectivity index (χ1v) is 9.75. The molecular formula is C24H23N3O4. The minimum absolute atomic E-state index is 0.0431. The average molecular weight is 417 g/mol. The molecule has 3 rings (SSSR count). The van der Waals surface area contributed by atoms with E-state index in [9.17, 15) is 14.9 Å². The highest BCUT2D eigenvalue weighted by atomic mass is 16.6. The van der Waals surface area contributed by atoms with Crippen molar-refractivity contribution in [3.8, 4) is 5.75 Å². The number of aryl methyl sites for hydroxylation is 2. The van der Waals surface area contributed by atoms with Crippen LogP contribution in [0.3, 0.4) is 0 Å². The van der Waals surface area contributed by atoms with Gasteiger partial charge in [0.2, 0.25) is 5.91 Å². The predicted octanol–water partition coefficient (Wildman–Crippen LogP) is 4.48. The summed E-state index contributed by atoms with van der Waals surface area (Å²) in [5.41, 5.74) is 7.36. The minimum Gasteiger partial charge on any atom is -0.489 e. The van der Waals surface area contributed by atoms with Crippen molar-refractivity contribution in [3.05, 3.63) is 105 Å². The summed E-state index contributed by atoms with van der Waals surface area (Å²) >= 11 is 0. The van der Waals surface area contributed by atoms with E-state index in [-0.39, 0.29) is 24.6 Å². The maximum absolute atomic E-state index is 12.2. The van der Waals surface area contributed by atoms with Crippen molar-refractivity contribution in [1.82, 2.24) is 5.43 Å². The second kappa shape index (κ2) is 10.2. The molecule has 3 aromatic rings. The van der Waals surface area contributed by atoms with Crippen molar-refractivity contribution in [2.75, 3.05) is 0 Å². The molecule has 1 N–H and O–H groups in total. The van der Waals surface area contributed by atoms with Crippen molar-refractivity contribution in [2.24, 2.45) is 5.10 Å². The van der Waals surface area contributed by atoms with Gasteiger partial charge in [0.15, 0.2) is 0 Å². The lowest BCUT2D eigenvalue weighted by atomic mass is 10.0. The number of nitrogens with zero attached hydrogens (tertiary/aromatic N) is 2. The summed E-state index contributed by atoms with van der Waals surface area (Å²) in [5, 5.41) is 14.7. The zero-order chi connectivity index (χ0) is 22.2. The third kappa shape index (κ3) is 6.50. The first-order chi connectivity index (χ1) is 14.9. The summed E-state index contributed by atoms with van der Waals surface area (Å²) in [6, 6.07) is 19.5. The summed E-state index contributed by atoms with van der Waals surface area (Å²) in [4.78, 5) is 22.4. The largest absolute Gasteiger partial charge is 0.489 e. The van der Waals surface area contributed by atoms with E-state index in [2.05, 4.69) is 10.5 Å². The number of hydrogen-bond acceptors (Lipinski definition) is 5. The van der Waals surface area contributed by atoms with Crippen molar-refractivity contribution in [3.63, 3.8) is 0 Å². The topological polar surface area (TPSA) is 93.8 Å². The van der Waals surface area contributed by atoms with E-state index in [1.807, 2.05) is 50.2 Å². The lowest BCUT2D eigenvalue weighted by molar-refractivity contribution is -0.384. The van der Waals surface area contributed by atoms with Crippen molar-refractivity contribution >= 4 is 17.8 Å². The lowest BCUT2D eigenvalue weighted by Gasteiger charge is -2.07. The molecule has 0 fully saturated rings. The second-order valence-corrected chi connectivity index (χ2v) is 7.18. The first kappa shape index (κ1) is 21.7. The van der Waals surface area contributed by atoms with Crippen molar-refractivity contribution in [2.45, 2.75) is 26.9 Å². The average Bonchev–Trinajstić information content (AvgIpc) is 2.75. The number of rotatable bonds is 8. The van der Waals surface area contributed by atoms with Crippen LogP contribution >= 0.6 is 0 Å². The Bertz CT molecular complexity index is 1110. The molecule has 0 heterocycles. The molecule has 0 saturated heterocycles. The van der Waals surface area contributed by atoms with E-state index >= 15 is 0 Å². The molecule has 1 amide bonds. The van der Waals surface area contributed by atoms with Crippen LogP contribution in [-0.2, 0) is 17.8 Å². The number of benzene rings is 3. The quantitative estimate of drug-likeness (QED) is 0.332. The minimum atomic E-state index is -0.436. The SMILES string of the molecule is Cc1ccc(C)c(CC(=O)N/N=C/c2cccc(OCc3ccc([N+](=O)[O-])cc3)c2)c1. The number of nitrogens with one attached hydrogen (secondary N) is 1. The number of carbonyl (C=O) groups is 1. The van der Waals surface area contributed by atoms with Crippen LogP contribution in [-0.4, -0.2) is 17.0 Å². The predicted molar refractivity (Wildman–Crippen MR) is 119 cm³/mol. The summed E-state index contributed by atoms with van der Waals surface area (Å²) in [6.07, 6.45) is 1.82. The summed E-state index contributed by atoms with van der Waals surface area (Å²) in [5.74, 6) is 0.444. The Labute approximate surface area is 180 Å². The van der Waals surface area contributed by atoms with E-state index in [0.29, 0.717) is 5.75 Å². The molecule has 0 spiro atoms. The number of ether oxygens (including phenoxy) is 1. The summed E-state index contributed by atoms with van der Waals surface area (Å²) in [6.45, 7) is 4.26. The van der Waals surface area contributed by atoms with Crippen molar-refractivity contribution < 1.29 is 14.5 Å². The van der Waals surface area contributed by atoms with Gasteiger partial charge in [-0.05, 0) is 60.4 Å². The fraction of sp³-hybridized carbons (Fsp3) is 0.167. The zero-order valence-corrected chi connectivity index (χ0v) is 17.4. The maximum Gasteiger partial charge on any atom is 0.269 e. The number of hydrogen-bond donors (Lipinski definition) is 1. The van der Waals surface area contributed by atoms with Gasteiger partial charge in [0.25, 0.3) is 5.69 Å². The molecule has 31 heavy (non-hydrogen) atoms. The molecule has 0 aromatic heterocycles. The van der Waals surface area contributed by atoms with Gasteiger partial charge in [0.05, 0.1) is 17.6 Å². The zero-order valence-electron chi connectivity index (χ0n) is 17.4. The summed E-state index contributed by atoms with van der Waals surface area (Å²) < 4.78 is 5.74. The molecule has 0 saturated carbocycles. The van der Waals surface area contributed by atoms with Gasteiger partial charge in [-0.3, -0.25) is 14.9 Å². The standard InChI is InChI=1S/C24H23N3O4/c1-17-6-7-18(2)21(12-17)14-24(28)26-25-15-20-4-3-5-23(13-20)31-16-19-8-10-22(11-9-19)27(29)30/h3-13,15H,14,16H2,1-2H3,(H,26,28)/b25-15+. The van der Waals surface area contributed by atoms with E-state index in [0.717, 1.165) is 27.8 Å². The number of carbonyl (C=O) groups excluding carboxylic acids is 1. The van der Waals surface area contributed by atoms with E-state index in [1.54, 1.807) is 24.4 Å². The Hall–Kier alpha value is -4.00. The number of amides is 1. The molecule has 0 bridgehead atoms. The van der Waals surface area contributed by atoms with Crippen LogP contribution in [0, 0.1) is 24.0 Å². The van der Waals surface area contributed by atoms with Crippen LogP contribution in [0.1, 0.15) is 27.8 Å². The Morgan fingerprint density at radius 3 is 2.61 bits per heavy atom. The van der Waals surface area contributed by atoms with Gasteiger partial charge < -0.3 is 4.74 Å². The molecule has 0 aliphatic carbocycles. The highest BCUT2D eigenvalue weighted by molar-refractivity contribution is 5.83. The highest BCUT2D eigenvalue weighted by Crippen LogP contribution is 2.17. The molecular weight excluding hydrogens is 394 g/mol. The van der Waals surface area contributed by atoms with Gasteiger partial charge >= 0.3 is 0 Å². The van der Waals surface area contributed by atoms with E-state index < -0.39 is 4.92 Å². The van der Waals surface area contributed by atoms with Gasteiger partial charge in [-0.15, -0.1) is 0 Å². The molecule has 7 nitrogen and oxygen atoms in total. The van der Waals surface area contributed by atoms with Crippen LogP contribution in [0.15, 0.2) is 71.8 Å². The lowest BCUT2D eigenvalue weighted by Crippen LogP contribution is -2.20. The second-order valence-electron chi connectivity index (χ2n) is 7.18. The van der Waals surface area contributed by atoms with Crippen LogP contribution in [0.2, 0.25) is 0 Å². The molecule has 0 aliphatic heterocycles. The van der Waals surface area contributed by atoms with E-state index in [1.165, 1.54) is 12.1 Å². The Morgan fingerprint density at radius 1 is 1.10 bits per heavy atom. The maximum atomic E-state index is 12.2. The number of nitro groups is 1. The number of nitro benzene ring substituents is 1. The van der Waals surface area contributed by atoms with E-state index in [4.69, 9.17) is 4.74 Å². The molecule has 0 unspecified atom stereocenters. The van der Waals surface area contributed by atoms with Crippen LogP contribution < -0.4 is 10.2 Å². The fourth-order valence-electron chi connectivity index (χ4n) is 2.95. The Balaban J connectivity index is 1.53. The van der Waals surface area contributed by atoms with Crippen LogP contribution in [0.5, 0.6) is 5.75 Å². The molecule has 0 aliphatic rings. The Kier molecular flexibility index (Phi) is 7.11. The molecule has 0 atom stereocenters. The van der Waals surface area contributed by atoms with Crippen molar-refractivity contribution in [1.29, 1.82) is 0 Å². The van der Waals surface area contributed by atoms with Crippen LogP contribution in [0.4, 0.5) is 5.69 Å². The normalized spacial score (nSPS) is 10.8. The molecule has 7 heteroatoms. The third-order valence-corrected chi connectivity index (χ3v) is 4.67. The molecule has 3 aromatic carbocycles. The Morgan fingerprint density at radius 2 is 1.87 bits per heavy atom. The molecule has 0 radical (unpaired) electrons. The smallest absolute Gasteiger partial charge is 0.269 e. The van der Waals surface area contributed by atoms with Gasteiger partial charge in [-0.1, -0.05) is 35.9 Å². The van der Waals surface area contributed by atoms with Gasteiger partial charge in [-0.2, -0.15) is 5.10 Å².